The van der Waals surface area contributed by atoms with Crippen LogP contribution in [0.3, 0.4) is 0 Å². The third-order valence-electron chi connectivity index (χ3n) is 2.90. The highest BCUT2D eigenvalue weighted by molar-refractivity contribution is 6.05. The largest absolute Gasteiger partial charge is 0.497 e. The maximum atomic E-state index is 12.0. The minimum Gasteiger partial charge on any atom is -0.497 e. The Morgan fingerprint density at radius 3 is 2.68 bits per heavy atom. The molecule has 5 heteroatoms. The van der Waals surface area contributed by atoms with Gasteiger partial charge in [-0.05, 0) is 32.0 Å². The van der Waals surface area contributed by atoms with E-state index in [4.69, 9.17) is 9.47 Å². The van der Waals surface area contributed by atoms with Gasteiger partial charge in [-0.3, -0.25) is 4.79 Å². The predicted octanol–water partition coefficient (Wildman–Crippen LogP) is 2.02. The van der Waals surface area contributed by atoms with Crippen molar-refractivity contribution in [3.8, 4) is 5.75 Å². The molecule has 0 radical (unpaired) electrons. The number of hydrogen-bond donors (Lipinski definition) is 1. The number of H-pyrrole nitrogens is 1. The van der Waals surface area contributed by atoms with Crippen LogP contribution < -0.4 is 10.3 Å². The number of rotatable bonds is 3. The summed E-state index contributed by atoms with van der Waals surface area (Å²) in [5.74, 6) is 0.137. The highest BCUT2D eigenvalue weighted by Crippen LogP contribution is 2.23. The van der Waals surface area contributed by atoms with Crippen molar-refractivity contribution in [3.63, 3.8) is 0 Å². The quantitative estimate of drug-likeness (QED) is 0.858. The zero-order valence-corrected chi connectivity index (χ0v) is 11.1. The molecule has 1 N–H and O–H groups in total. The second kappa shape index (κ2) is 5.14. The Morgan fingerprint density at radius 2 is 2.05 bits per heavy atom. The Bertz CT molecular complexity index is 688. The molecule has 0 aliphatic rings. The summed E-state index contributed by atoms with van der Waals surface area (Å²) in [7, 11) is 1.53. The van der Waals surface area contributed by atoms with Crippen LogP contribution in [0.1, 0.15) is 23.0 Å². The summed E-state index contributed by atoms with van der Waals surface area (Å²) < 4.78 is 10.2. The van der Waals surface area contributed by atoms with E-state index in [0.29, 0.717) is 27.8 Å². The molecule has 1 aromatic heterocycles. The lowest BCUT2D eigenvalue weighted by molar-refractivity contribution is 0.0527. The van der Waals surface area contributed by atoms with E-state index in [1.54, 1.807) is 32.0 Å². The van der Waals surface area contributed by atoms with Crippen molar-refractivity contribution in [2.45, 2.75) is 13.8 Å². The van der Waals surface area contributed by atoms with Gasteiger partial charge in [0.05, 0.1) is 19.3 Å². The van der Waals surface area contributed by atoms with Crippen molar-refractivity contribution in [3.05, 3.63) is 39.8 Å². The topological polar surface area (TPSA) is 68.4 Å². The van der Waals surface area contributed by atoms with Crippen LogP contribution in [0.2, 0.25) is 0 Å². The minimum atomic E-state index is -0.450. The first-order valence-corrected chi connectivity index (χ1v) is 5.96. The van der Waals surface area contributed by atoms with Crippen molar-refractivity contribution in [1.82, 2.24) is 4.98 Å². The maximum Gasteiger partial charge on any atom is 0.340 e. The normalized spacial score (nSPS) is 10.5. The van der Waals surface area contributed by atoms with Gasteiger partial charge in [0, 0.05) is 16.5 Å². The number of methoxy groups -OCH3 is 1. The zero-order valence-electron chi connectivity index (χ0n) is 11.1. The molecule has 2 aromatic rings. The monoisotopic (exact) mass is 261 g/mol. The molecule has 0 fully saturated rings. The lowest BCUT2D eigenvalue weighted by Gasteiger charge is -2.10. The average Bonchev–Trinajstić information content (AvgIpc) is 2.38. The summed E-state index contributed by atoms with van der Waals surface area (Å²) in [4.78, 5) is 26.6. The molecule has 0 spiro atoms. The number of hydrogen-bond acceptors (Lipinski definition) is 4. The van der Waals surface area contributed by atoms with Crippen LogP contribution in [-0.2, 0) is 4.74 Å². The molecule has 0 saturated heterocycles. The first-order valence-electron chi connectivity index (χ1n) is 5.96. The van der Waals surface area contributed by atoms with E-state index in [9.17, 15) is 9.59 Å². The van der Waals surface area contributed by atoms with Crippen LogP contribution in [0.15, 0.2) is 23.0 Å². The smallest absolute Gasteiger partial charge is 0.340 e. The summed E-state index contributed by atoms with van der Waals surface area (Å²) in [6.45, 7) is 3.69. The molecule has 2 rings (SSSR count). The van der Waals surface area contributed by atoms with Crippen molar-refractivity contribution in [2.24, 2.45) is 0 Å². The van der Waals surface area contributed by atoms with Gasteiger partial charge in [-0.1, -0.05) is 0 Å². The molecule has 100 valence electrons. The zero-order chi connectivity index (χ0) is 14.0. The van der Waals surface area contributed by atoms with E-state index in [0.717, 1.165) is 0 Å². The Kier molecular flexibility index (Phi) is 3.55. The van der Waals surface area contributed by atoms with Crippen molar-refractivity contribution in [1.29, 1.82) is 0 Å². The number of benzene rings is 1. The lowest BCUT2D eigenvalue weighted by atomic mass is 10.0. The van der Waals surface area contributed by atoms with Crippen LogP contribution in [0.25, 0.3) is 10.8 Å². The van der Waals surface area contributed by atoms with E-state index < -0.39 is 5.97 Å². The van der Waals surface area contributed by atoms with Gasteiger partial charge < -0.3 is 14.5 Å². The number of carbonyl (C=O) groups is 1. The standard InChI is InChI=1S/C14H15NO4/c1-4-19-14(17)12-8(2)15-13(16)10-6-5-9(18-3)7-11(10)12/h5-7H,4H2,1-3H3,(H,15,16). The molecule has 19 heavy (non-hydrogen) atoms. The maximum absolute atomic E-state index is 12.0. The molecular weight excluding hydrogens is 246 g/mol. The Hall–Kier alpha value is -2.30. The number of aromatic amines is 1. The van der Waals surface area contributed by atoms with Gasteiger partial charge in [-0.15, -0.1) is 0 Å². The van der Waals surface area contributed by atoms with Crippen molar-refractivity contribution in [2.75, 3.05) is 13.7 Å². The van der Waals surface area contributed by atoms with E-state index in [1.165, 1.54) is 7.11 Å². The van der Waals surface area contributed by atoms with Crippen molar-refractivity contribution < 1.29 is 14.3 Å². The molecule has 1 heterocycles. The van der Waals surface area contributed by atoms with Gasteiger partial charge in [0.1, 0.15) is 5.75 Å². The first-order chi connectivity index (χ1) is 9.08. The molecule has 0 aliphatic heterocycles. The summed E-state index contributed by atoms with van der Waals surface area (Å²) in [5, 5.41) is 0.980. The van der Waals surface area contributed by atoms with Crippen LogP contribution in [0, 0.1) is 6.92 Å². The summed E-state index contributed by atoms with van der Waals surface area (Å²) in [6.07, 6.45) is 0. The highest BCUT2D eigenvalue weighted by Gasteiger charge is 2.17. The number of carbonyl (C=O) groups excluding carboxylic acids is 1. The second-order valence-corrected chi connectivity index (χ2v) is 4.09. The van der Waals surface area contributed by atoms with Gasteiger partial charge in [0.15, 0.2) is 0 Å². The fourth-order valence-corrected chi connectivity index (χ4v) is 2.02. The summed E-state index contributed by atoms with van der Waals surface area (Å²) in [5.41, 5.74) is 0.628. The Morgan fingerprint density at radius 1 is 1.32 bits per heavy atom. The van der Waals surface area contributed by atoms with E-state index >= 15 is 0 Å². The molecule has 0 unspecified atom stereocenters. The molecule has 5 nitrogen and oxygen atoms in total. The molecule has 0 aliphatic carbocycles. The highest BCUT2D eigenvalue weighted by atomic mass is 16.5. The number of fused-ring (bicyclic) bond motifs is 1. The second-order valence-electron chi connectivity index (χ2n) is 4.09. The number of ether oxygens (including phenoxy) is 2. The Balaban J connectivity index is 2.80. The number of aryl methyl sites for hydroxylation is 1. The van der Waals surface area contributed by atoms with Crippen LogP contribution in [0.4, 0.5) is 0 Å². The molecule has 1 aromatic carbocycles. The number of esters is 1. The van der Waals surface area contributed by atoms with Gasteiger partial charge in [-0.25, -0.2) is 4.79 Å². The minimum absolute atomic E-state index is 0.233. The van der Waals surface area contributed by atoms with Crippen LogP contribution >= 0.6 is 0 Å². The van der Waals surface area contributed by atoms with Gasteiger partial charge in [0.2, 0.25) is 0 Å². The van der Waals surface area contributed by atoms with Gasteiger partial charge >= 0.3 is 5.97 Å². The molecule has 0 amide bonds. The third-order valence-corrected chi connectivity index (χ3v) is 2.90. The van der Waals surface area contributed by atoms with E-state index in [1.807, 2.05) is 0 Å². The molecule has 0 saturated carbocycles. The van der Waals surface area contributed by atoms with Crippen LogP contribution in [-0.4, -0.2) is 24.7 Å². The van der Waals surface area contributed by atoms with Gasteiger partial charge in [0.25, 0.3) is 5.56 Å². The molecular formula is C14H15NO4. The fourth-order valence-electron chi connectivity index (χ4n) is 2.02. The third kappa shape index (κ3) is 2.31. The first kappa shape index (κ1) is 13.1. The summed E-state index contributed by atoms with van der Waals surface area (Å²) in [6, 6.07) is 4.99. The molecule has 0 bridgehead atoms. The van der Waals surface area contributed by atoms with E-state index in [-0.39, 0.29) is 12.2 Å². The van der Waals surface area contributed by atoms with Crippen molar-refractivity contribution >= 4 is 16.7 Å². The fraction of sp³-hybridized carbons (Fsp3) is 0.286. The predicted molar refractivity (Wildman–Crippen MR) is 71.8 cm³/mol. The SMILES string of the molecule is CCOC(=O)c1c(C)[nH]c(=O)c2ccc(OC)cc12. The number of aromatic nitrogens is 1. The number of nitrogens with one attached hydrogen (secondary N) is 1. The summed E-state index contributed by atoms with van der Waals surface area (Å²) >= 11 is 0. The van der Waals surface area contributed by atoms with Gasteiger partial charge in [-0.2, -0.15) is 0 Å². The average molecular weight is 261 g/mol. The lowest BCUT2D eigenvalue weighted by Crippen LogP contribution is -2.15. The number of pyridine rings is 1. The van der Waals surface area contributed by atoms with Crippen LogP contribution in [0.5, 0.6) is 5.75 Å². The van der Waals surface area contributed by atoms with E-state index in [2.05, 4.69) is 4.98 Å². The molecule has 0 atom stereocenters. The Labute approximate surface area is 110 Å².